The number of benzene rings is 1. The fourth-order valence-corrected chi connectivity index (χ4v) is 3.23. The molecule has 2 aromatic heterocycles. The summed E-state index contributed by atoms with van der Waals surface area (Å²) in [5.74, 6) is -0.451. The zero-order valence-electron chi connectivity index (χ0n) is 16.1. The van der Waals surface area contributed by atoms with Gasteiger partial charge in [-0.25, -0.2) is 9.07 Å². The summed E-state index contributed by atoms with van der Waals surface area (Å²) in [6.45, 7) is 8.95. The number of rotatable bonds is 6. The molecule has 0 radical (unpaired) electrons. The molecule has 2 heterocycles. The Morgan fingerprint density at radius 2 is 1.81 bits per heavy atom. The van der Waals surface area contributed by atoms with Gasteiger partial charge in [0, 0.05) is 18.8 Å². The monoisotopic (exact) mass is 369 g/mol. The summed E-state index contributed by atoms with van der Waals surface area (Å²) in [6, 6.07) is 8.08. The van der Waals surface area contributed by atoms with Gasteiger partial charge in [0.1, 0.15) is 5.82 Å². The number of carbonyl (C=O) groups excluding carboxylic acids is 1. The number of halogens is 1. The highest BCUT2D eigenvalue weighted by Crippen LogP contribution is 2.18. The zero-order valence-corrected chi connectivity index (χ0v) is 16.1. The van der Waals surface area contributed by atoms with Crippen molar-refractivity contribution < 1.29 is 9.18 Å². The van der Waals surface area contributed by atoms with E-state index in [1.54, 1.807) is 23.7 Å². The van der Waals surface area contributed by atoms with Crippen molar-refractivity contribution in [3.63, 3.8) is 0 Å². The largest absolute Gasteiger partial charge is 0.352 e. The van der Waals surface area contributed by atoms with Crippen molar-refractivity contribution in [2.45, 2.75) is 40.7 Å². The molecule has 1 aromatic carbocycles. The van der Waals surface area contributed by atoms with E-state index in [9.17, 15) is 9.18 Å². The number of nitrogens with zero attached hydrogens (tertiary/aromatic N) is 4. The van der Waals surface area contributed by atoms with Gasteiger partial charge in [0.2, 0.25) is 0 Å². The summed E-state index contributed by atoms with van der Waals surface area (Å²) in [6.07, 6.45) is 0.790. The number of aryl methyl sites for hydroxylation is 4. The third-order valence-electron chi connectivity index (χ3n) is 4.53. The maximum Gasteiger partial charge on any atom is 0.255 e. The van der Waals surface area contributed by atoms with Gasteiger partial charge in [-0.15, -0.1) is 0 Å². The van der Waals surface area contributed by atoms with Gasteiger partial charge in [0.15, 0.2) is 0 Å². The van der Waals surface area contributed by atoms with E-state index in [-0.39, 0.29) is 11.7 Å². The van der Waals surface area contributed by atoms with Crippen molar-refractivity contribution in [2.75, 3.05) is 6.54 Å². The van der Waals surface area contributed by atoms with Crippen molar-refractivity contribution in [2.24, 2.45) is 0 Å². The molecule has 0 saturated carbocycles. The topological polar surface area (TPSA) is 64.7 Å². The second kappa shape index (κ2) is 7.73. The normalized spacial score (nSPS) is 11.0. The highest BCUT2D eigenvalue weighted by atomic mass is 19.1. The van der Waals surface area contributed by atoms with Crippen LogP contribution in [0.4, 0.5) is 4.39 Å². The lowest BCUT2D eigenvalue weighted by molar-refractivity contribution is 0.0951. The molecule has 0 saturated heterocycles. The summed E-state index contributed by atoms with van der Waals surface area (Å²) < 4.78 is 16.8. The lowest BCUT2D eigenvalue weighted by Crippen LogP contribution is -2.26. The van der Waals surface area contributed by atoms with E-state index < -0.39 is 0 Å². The molecule has 6 nitrogen and oxygen atoms in total. The lowest BCUT2D eigenvalue weighted by Gasteiger charge is -2.08. The Morgan fingerprint density at radius 3 is 2.44 bits per heavy atom. The molecule has 1 N–H and O–H groups in total. The second-order valence-electron chi connectivity index (χ2n) is 6.69. The Morgan fingerprint density at radius 1 is 1.11 bits per heavy atom. The van der Waals surface area contributed by atoms with E-state index in [0.717, 1.165) is 35.7 Å². The highest BCUT2D eigenvalue weighted by Gasteiger charge is 2.19. The first-order valence-corrected chi connectivity index (χ1v) is 8.98. The molecule has 0 aliphatic rings. The smallest absolute Gasteiger partial charge is 0.255 e. The Kier molecular flexibility index (Phi) is 5.39. The molecule has 0 aliphatic heterocycles. The van der Waals surface area contributed by atoms with E-state index in [0.29, 0.717) is 17.8 Å². The molecule has 3 aromatic rings. The van der Waals surface area contributed by atoms with Crippen LogP contribution in [-0.2, 0) is 6.54 Å². The van der Waals surface area contributed by atoms with Crippen molar-refractivity contribution in [1.29, 1.82) is 0 Å². The molecule has 0 bridgehead atoms. The summed E-state index contributed by atoms with van der Waals surface area (Å²) in [4.78, 5) is 12.6. The van der Waals surface area contributed by atoms with Gasteiger partial charge >= 0.3 is 0 Å². The molecule has 0 spiro atoms. The minimum atomic E-state index is -0.305. The third-order valence-corrected chi connectivity index (χ3v) is 4.53. The molecular formula is C20H24FN5O. The molecule has 142 valence electrons. The Hall–Kier alpha value is -2.96. The first kappa shape index (κ1) is 18.8. The van der Waals surface area contributed by atoms with Crippen LogP contribution in [0.25, 0.3) is 5.69 Å². The van der Waals surface area contributed by atoms with E-state index in [1.807, 2.05) is 31.5 Å². The van der Waals surface area contributed by atoms with E-state index in [1.165, 1.54) is 12.1 Å². The van der Waals surface area contributed by atoms with Gasteiger partial charge in [-0.3, -0.25) is 9.48 Å². The van der Waals surface area contributed by atoms with Gasteiger partial charge in [-0.1, -0.05) is 0 Å². The molecule has 1 amide bonds. The van der Waals surface area contributed by atoms with Crippen LogP contribution in [0.3, 0.4) is 0 Å². The van der Waals surface area contributed by atoms with Crippen LogP contribution in [-0.4, -0.2) is 32.0 Å². The number of nitrogens with one attached hydrogen (secondary N) is 1. The Balaban J connectivity index is 1.64. The first-order chi connectivity index (χ1) is 12.9. The standard InChI is InChI=1S/C20H24FN5O/c1-13-12-14(2)25(23-13)11-5-10-22-20(27)19-15(3)24-26(16(19)4)18-8-6-17(21)7-9-18/h6-9,12H,5,10-11H2,1-4H3,(H,22,27). The molecule has 0 fully saturated rings. The van der Waals surface area contributed by atoms with E-state index in [2.05, 4.69) is 15.5 Å². The number of hydrogen-bond acceptors (Lipinski definition) is 3. The fraction of sp³-hybridized carbons (Fsp3) is 0.350. The molecule has 0 aliphatic carbocycles. The molecule has 7 heteroatoms. The van der Waals surface area contributed by atoms with Gasteiger partial charge in [-0.2, -0.15) is 10.2 Å². The van der Waals surface area contributed by atoms with Gasteiger partial charge < -0.3 is 5.32 Å². The van der Waals surface area contributed by atoms with Crippen LogP contribution in [0, 0.1) is 33.5 Å². The maximum atomic E-state index is 13.1. The van der Waals surface area contributed by atoms with Crippen molar-refractivity contribution >= 4 is 5.91 Å². The van der Waals surface area contributed by atoms with E-state index >= 15 is 0 Å². The van der Waals surface area contributed by atoms with Crippen LogP contribution >= 0.6 is 0 Å². The minimum absolute atomic E-state index is 0.147. The van der Waals surface area contributed by atoms with Crippen molar-refractivity contribution in [1.82, 2.24) is 24.9 Å². The van der Waals surface area contributed by atoms with Gasteiger partial charge in [-0.05, 0) is 64.4 Å². The second-order valence-corrected chi connectivity index (χ2v) is 6.69. The van der Waals surface area contributed by atoms with Crippen molar-refractivity contribution in [3.05, 3.63) is 64.5 Å². The maximum absolute atomic E-state index is 13.1. The number of amides is 1. The van der Waals surface area contributed by atoms with Crippen LogP contribution in [0.15, 0.2) is 30.3 Å². The summed E-state index contributed by atoms with van der Waals surface area (Å²) in [7, 11) is 0. The molecule has 0 unspecified atom stereocenters. The van der Waals surface area contributed by atoms with Crippen LogP contribution in [0.5, 0.6) is 0 Å². The van der Waals surface area contributed by atoms with Gasteiger partial charge in [0.25, 0.3) is 5.91 Å². The highest BCUT2D eigenvalue weighted by molar-refractivity contribution is 5.96. The average molecular weight is 369 g/mol. The zero-order chi connectivity index (χ0) is 19.6. The van der Waals surface area contributed by atoms with Crippen LogP contribution in [0.2, 0.25) is 0 Å². The molecule has 27 heavy (non-hydrogen) atoms. The number of carbonyl (C=O) groups is 1. The summed E-state index contributed by atoms with van der Waals surface area (Å²) >= 11 is 0. The quantitative estimate of drug-likeness (QED) is 0.678. The average Bonchev–Trinajstić information content (AvgIpc) is 3.10. The lowest BCUT2D eigenvalue weighted by atomic mass is 10.2. The molecule has 3 rings (SSSR count). The van der Waals surface area contributed by atoms with E-state index in [4.69, 9.17) is 0 Å². The van der Waals surface area contributed by atoms with Crippen molar-refractivity contribution in [3.8, 4) is 5.69 Å². The first-order valence-electron chi connectivity index (χ1n) is 8.98. The summed E-state index contributed by atoms with van der Waals surface area (Å²) in [5.41, 5.74) is 4.77. The summed E-state index contributed by atoms with van der Waals surface area (Å²) in [5, 5.41) is 11.8. The Bertz CT molecular complexity index is 956. The Labute approximate surface area is 158 Å². The van der Waals surface area contributed by atoms with Crippen LogP contribution < -0.4 is 5.32 Å². The number of hydrogen-bond donors (Lipinski definition) is 1. The predicted molar refractivity (Wildman–Crippen MR) is 102 cm³/mol. The van der Waals surface area contributed by atoms with Crippen LogP contribution in [0.1, 0.15) is 39.6 Å². The SMILES string of the molecule is Cc1cc(C)n(CCCNC(=O)c2c(C)nn(-c3ccc(F)cc3)c2C)n1. The molecule has 0 atom stereocenters. The number of aromatic nitrogens is 4. The van der Waals surface area contributed by atoms with Gasteiger partial charge in [0.05, 0.1) is 28.3 Å². The molecular weight excluding hydrogens is 345 g/mol. The minimum Gasteiger partial charge on any atom is -0.352 e. The fourth-order valence-electron chi connectivity index (χ4n) is 3.23. The third kappa shape index (κ3) is 4.07. The predicted octanol–water partition coefficient (Wildman–Crippen LogP) is 3.26.